The molecular weight excluding hydrogens is 196 g/mol. The van der Waals surface area contributed by atoms with Gasteiger partial charge in [-0.2, -0.15) is 0 Å². The third-order valence-corrected chi connectivity index (χ3v) is 1.48. The molecule has 0 rings (SSSR count). The van der Waals surface area contributed by atoms with Crippen molar-refractivity contribution in [2.45, 2.75) is 27.2 Å². The zero-order valence-corrected chi connectivity index (χ0v) is 9.45. The summed E-state index contributed by atoms with van der Waals surface area (Å²) in [5.74, 6) is -1.10. The molecule has 0 aliphatic carbocycles. The van der Waals surface area contributed by atoms with Gasteiger partial charge in [0.25, 0.3) is 0 Å². The van der Waals surface area contributed by atoms with E-state index in [4.69, 9.17) is 5.11 Å². The second kappa shape index (κ2) is 7.79. The molecule has 0 saturated carbocycles. The van der Waals surface area contributed by atoms with Gasteiger partial charge in [0, 0.05) is 6.92 Å². The molecular formula is C11H18O4. The number of esters is 1. The molecule has 4 nitrogen and oxygen atoms in total. The molecule has 4 heteroatoms. The van der Waals surface area contributed by atoms with Crippen LogP contribution in [0.25, 0.3) is 0 Å². The molecule has 15 heavy (non-hydrogen) atoms. The Labute approximate surface area is 90.2 Å². The van der Waals surface area contributed by atoms with E-state index in [0.29, 0.717) is 6.42 Å². The van der Waals surface area contributed by atoms with E-state index in [1.165, 1.54) is 6.92 Å². The fourth-order valence-electron chi connectivity index (χ4n) is 0.566. The minimum atomic E-state index is -0.776. The van der Waals surface area contributed by atoms with Crippen LogP contribution in [-0.2, 0) is 14.3 Å². The van der Waals surface area contributed by atoms with Crippen LogP contribution in [0.5, 0.6) is 0 Å². The van der Waals surface area contributed by atoms with Crippen molar-refractivity contribution in [3.8, 4) is 0 Å². The fourth-order valence-corrected chi connectivity index (χ4v) is 0.566. The monoisotopic (exact) mass is 214 g/mol. The number of ether oxygens (including phenoxy) is 1. The molecule has 0 aliphatic rings. The van der Waals surface area contributed by atoms with Crippen LogP contribution in [-0.4, -0.2) is 17.0 Å². The first-order chi connectivity index (χ1) is 6.77. The summed E-state index contributed by atoms with van der Waals surface area (Å²) >= 11 is 0. The van der Waals surface area contributed by atoms with E-state index in [1.54, 1.807) is 19.9 Å². The molecule has 0 amide bonds. The standard InChI is InChI=1S/C7H12O2.C4H6O2/c1-4-5-7(2,3)6(8)9;1-3-6-4(2)5/h4H,1,5H2,2-3H3,(H,8,9);3H,1H2,2H3. The number of aliphatic carboxylic acids is 1. The maximum Gasteiger partial charge on any atom is 0.309 e. The van der Waals surface area contributed by atoms with Crippen LogP contribution in [0.15, 0.2) is 25.5 Å². The van der Waals surface area contributed by atoms with Gasteiger partial charge in [0.05, 0.1) is 11.7 Å². The van der Waals surface area contributed by atoms with Gasteiger partial charge >= 0.3 is 11.9 Å². The highest BCUT2D eigenvalue weighted by Crippen LogP contribution is 2.19. The fraction of sp³-hybridized carbons (Fsp3) is 0.455. The lowest BCUT2D eigenvalue weighted by Gasteiger charge is -2.15. The van der Waals surface area contributed by atoms with Crippen LogP contribution < -0.4 is 0 Å². The Balaban J connectivity index is 0. The molecule has 0 spiro atoms. The highest BCUT2D eigenvalue weighted by atomic mass is 16.5. The first-order valence-corrected chi connectivity index (χ1v) is 4.40. The lowest BCUT2D eigenvalue weighted by molar-refractivity contribution is -0.146. The number of carboxylic acids is 1. The van der Waals surface area contributed by atoms with Crippen LogP contribution in [0.1, 0.15) is 27.2 Å². The van der Waals surface area contributed by atoms with Gasteiger partial charge in [0.15, 0.2) is 0 Å². The predicted octanol–water partition coefficient (Wildman–Crippen LogP) is 2.37. The number of rotatable bonds is 4. The summed E-state index contributed by atoms with van der Waals surface area (Å²) in [6.07, 6.45) is 3.23. The van der Waals surface area contributed by atoms with Crippen molar-refractivity contribution >= 4 is 11.9 Å². The minimum absolute atomic E-state index is 0.329. The van der Waals surface area contributed by atoms with Crippen molar-refractivity contribution in [2.75, 3.05) is 0 Å². The van der Waals surface area contributed by atoms with Gasteiger partial charge in [0.2, 0.25) is 0 Å². The average Bonchev–Trinajstić information content (AvgIpc) is 2.04. The van der Waals surface area contributed by atoms with Crippen LogP contribution in [0, 0.1) is 5.41 Å². The zero-order chi connectivity index (χ0) is 12.5. The molecule has 0 aliphatic heterocycles. The topological polar surface area (TPSA) is 63.6 Å². The van der Waals surface area contributed by atoms with Gasteiger partial charge in [-0.05, 0) is 20.3 Å². The third kappa shape index (κ3) is 10.3. The number of hydrogen-bond donors (Lipinski definition) is 1. The van der Waals surface area contributed by atoms with Crippen molar-refractivity contribution in [3.05, 3.63) is 25.5 Å². The summed E-state index contributed by atoms with van der Waals surface area (Å²) < 4.78 is 4.17. The van der Waals surface area contributed by atoms with Crippen molar-refractivity contribution < 1.29 is 19.4 Å². The van der Waals surface area contributed by atoms with E-state index in [9.17, 15) is 9.59 Å². The normalized spacial score (nSPS) is 9.27. The van der Waals surface area contributed by atoms with Crippen LogP contribution >= 0.6 is 0 Å². The maximum absolute atomic E-state index is 10.4. The highest BCUT2D eigenvalue weighted by molar-refractivity contribution is 5.73. The molecule has 0 bridgehead atoms. The first kappa shape index (κ1) is 15.9. The predicted molar refractivity (Wildman–Crippen MR) is 58.2 cm³/mol. The Morgan fingerprint density at radius 3 is 1.93 bits per heavy atom. The molecule has 0 saturated heterocycles. The molecule has 0 aromatic carbocycles. The molecule has 0 fully saturated rings. The molecule has 0 aromatic rings. The summed E-state index contributed by atoms with van der Waals surface area (Å²) in [6.45, 7) is 11.3. The molecule has 0 unspecified atom stereocenters. The van der Waals surface area contributed by atoms with Gasteiger partial charge in [-0.25, -0.2) is 0 Å². The van der Waals surface area contributed by atoms with Crippen molar-refractivity contribution in [1.29, 1.82) is 0 Å². The SMILES string of the molecule is C=CCC(C)(C)C(=O)O.C=COC(C)=O. The zero-order valence-electron chi connectivity index (χ0n) is 9.45. The first-order valence-electron chi connectivity index (χ1n) is 4.40. The van der Waals surface area contributed by atoms with E-state index in [1.807, 2.05) is 0 Å². The van der Waals surface area contributed by atoms with Crippen molar-refractivity contribution in [3.63, 3.8) is 0 Å². The lowest BCUT2D eigenvalue weighted by Crippen LogP contribution is -2.22. The van der Waals surface area contributed by atoms with E-state index in [2.05, 4.69) is 17.9 Å². The van der Waals surface area contributed by atoms with Gasteiger partial charge in [0.1, 0.15) is 0 Å². The van der Waals surface area contributed by atoms with Gasteiger partial charge in [-0.15, -0.1) is 6.58 Å². The summed E-state index contributed by atoms with van der Waals surface area (Å²) in [6, 6.07) is 0. The lowest BCUT2D eigenvalue weighted by atomic mass is 9.90. The van der Waals surface area contributed by atoms with Crippen LogP contribution in [0.2, 0.25) is 0 Å². The summed E-state index contributed by atoms with van der Waals surface area (Å²) in [5, 5.41) is 8.52. The second-order valence-electron chi connectivity index (χ2n) is 3.46. The third-order valence-electron chi connectivity index (χ3n) is 1.48. The molecule has 86 valence electrons. The average molecular weight is 214 g/mol. The minimum Gasteiger partial charge on any atom is -0.481 e. The summed E-state index contributed by atoms with van der Waals surface area (Å²) in [5.41, 5.74) is -0.651. The largest absolute Gasteiger partial charge is 0.481 e. The van der Waals surface area contributed by atoms with E-state index in [0.717, 1.165) is 6.26 Å². The molecule has 0 atom stereocenters. The molecule has 0 radical (unpaired) electrons. The number of hydrogen-bond acceptors (Lipinski definition) is 3. The van der Waals surface area contributed by atoms with Gasteiger partial charge in [-0.3, -0.25) is 9.59 Å². The van der Waals surface area contributed by atoms with Gasteiger partial charge in [-0.1, -0.05) is 12.7 Å². The Hall–Kier alpha value is -1.58. The Morgan fingerprint density at radius 2 is 1.87 bits per heavy atom. The quantitative estimate of drug-likeness (QED) is 0.443. The molecule has 0 aromatic heterocycles. The summed E-state index contributed by atoms with van der Waals surface area (Å²) in [4.78, 5) is 20.1. The number of carboxylic acid groups (broad SMARTS) is 1. The van der Waals surface area contributed by atoms with Crippen LogP contribution in [0.3, 0.4) is 0 Å². The highest BCUT2D eigenvalue weighted by Gasteiger charge is 2.24. The molecule has 1 N–H and O–H groups in total. The number of carbonyl (C=O) groups excluding carboxylic acids is 1. The molecule has 0 heterocycles. The van der Waals surface area contributed by atoms with Crippen LogP contribution in [0.4, 0.5) is 0 Å². The number of carbonyl (C=O) groups is 2. The summed E-state index contributed by atoms with van der Waals surface area (Å²) in [7, 11) is 0. The van der Waals surface area contributed by atoms with Crippen molar-refractivity contribution in [1.82, 2.24) is 0 Å². The smallest absolute Gasteiger partial charge is 0.309 e. The van der Waals surface area contributed by atoms with E-state index < -0.39 is 11.4 Å². The van der Waals surface area contributed by atoms with E-state index in [-0.39, 0.29) is 5.97 Å². The van der Waals surface area contributed by atoms with Gasteiger partial charge < -0.3 is 9.84 Å². The van der Waals surface area contributed by atoms with Crippen molar-refractivity contribution in [2.24, 2.45) is 5.41 Å². The maximum atomic E-state index is 10.4. The Kier molecular flexibility index (Phi) is 8.24. The van der Waals surface area contributed by atoms with E-state index >= 15 is 0 Å². The number of allylic oxidation sites excluding steroid dienone is 1. The Bertz CT molecular complexity index is 241. The Morgan fingerprint density at radius 1 is 1.40 bits per heavy atom. The second-order valence-corrected chi connectivity index (χ2v) is 3.46.